The third-order valence-electron chi connectivity index (χ3n) is 3.95. The van der Waals surface area contributed by atoms with Crippen molar-refractivity contribution >= 4 is 0 Å². The molecule has 1 N–H and O–H groups in total. The molecule has 1 aliphatic heterocycles. The van der Waals surface area contributed by atoms with Crippen molar-refractivity contribution < 1.29 is 4.74 Å². The first-order valence-corrected chi connectivity index (χ1v) is 6.80. The van der Waals surface area contributed by atoms with Crippen LogP contribution < -0.4 is 5.32 Å². The lowest BCUT2D eigenvalue weighted by atomic mass is 9.93. The summed E-state index contributed by atoms with van der Waals surface area (Å²) >= 11 is 0. The van der Waals surface area contributed by atoms with Crippen molar-refractivity contribution in [2.24, 2.45) is 5.92 Å². The van der Waals surface area contributed by atoms with E-state index in [0.717, 1.165) is 25.7 Å². The van der Waals surface area contributed by atoms with Gasteiger partial charge in [0.25, 0.3) is 0 Å². The zero-order valence-electron chi connectivity index (χ0n) is 10.8. The summed E-state index contributed by atoms with van der Waals surface area (Å²) in [6, 6.07) is 0. The molecule has 0 aromatic heterocycles. The molecule has 1 unspecified atom stereocenters. The van der Waals surface area contributed by atoms with E-state index in [4.69, 9.17) is 4.74 Å². The number of rotatable bonds is 6. The zero-order valence-corrected chi connectivity index (χ0v) is 10.8. The Hall–Kier alpha value is -0.120. The minimum absolute atomic E-state index is 0.393. The predicted octanol–water partition coefficient (Wildman–Crippen LogP) is 1.49. The van der Waals surface area contributed by atoms with Crippen molar-refractivity contribution in [1.29, 1.82) is 0 Å². The first kappa shape index (κ1) is 12.3. The van der Waals surface area contributed by atoms with Crippen LogP contribution >= 0.6 is 0 Å². The standard InChI is InChI=1S/C13H26N2O/c1-3-16-10-4-8-15-9-7-14-13(2,11-15)12-5-6-12/h12,14H,3-11H2,1-2H3. The van der Waals surface area contributed by atoms with Gasteiger partial charge in [0.15, 0.2) is 0 Å². The van der Waals surface area contributed by atoms with Crippen molar-refractivity contribution in [3.8, 4) is 0 Å². The average Bonchev–Trinajstić information content (AvgIpc) is 3.09. The summed E-state index contributed by atoms with van der Waals surface area (Å²) in [5, 5.41) is 3.72. The van der Waals surface area contributed by atoms with Gasteiger partial charge in [0.05, 0.1) is 0 Å². The van der Waals surface area contributed by atoms with Crippen LogP contribution in [0.2, 0.25) is 0 Å². The van der Waals surface area contributed by atoms with Gasteiger partial charge in [-0.2, -0.15) is 0 Å². The zero-order chi connectivity index (χ0) is 11.4. The van der Waals surface area contributed by atoms with Gasteiger partial charge in [0.2, 0.25) is 0 Å². The van der Waals surface area contributed by atoms with Gasteiger partial charge in [-0.1, -0.05) is 0 Å². The van der Waals surface area contributed by atoms with Crippen molar-refractivity contribution in [2.75, 3.05) is 39.4 Å². The second-order valence-electron chi connectivity index (χ2n) is 5.45. The quantitative estimate of drug-likeness (QED) is 0.694. The molecule has 0 bridgehead atoms. The molecule has 0 radical (unpaired) electrons. The van der Waals surface area contributed by atoms with Crippen LogP contribution in [-0.2, 0) is 4.74 Å². The average molecular weight is 226 g/mol. The van der Waals surface area contributed by atoms with E-state index >= 15 is 0 Å². The van der Waals surface area contributed by atoms with Crippen LogP contribution in [-0.4, -0.2) is 49.8 Å². The Kier molecular flexibility index (Phi) is 4.22. The molecule has 94 valence electrons. The van der Waals surface area contributed by atoms with Crippen LogP contribution in [0.25, 0.3) is 0 Å². The molecule has 1 saturated carbocycles. The summed E-state index contributed by atoms with van der Waals surface area (Å²) in [4.78, 5) is 2.60. The van der Waals surface area contributed by atoms with Gasteiger partial charge in [-0.05, 0) is 39.0 Å². The summed E-state index contributed by atoms with van der Waals surface area (Å²) in [5.41, 5.74) is 0.393. The van der Waals surface area contributed by atoms with Crippen molar-refractivity contribution in [2.45, 2.75) is 38.6 Å². The number of nitrogens with zero attached hydrogens (tertiary/aromatic N) is 1. The molecule has 3 heteroatoms. The molecule has 3 nitrogen and oxygen atoms in total. The van der Waals surface area contributed by atoms with Crippen LogP contribution in [0.4, 0.5) is 0 Å². The van der Waals surface area contributed by atoms with Crippen molar-refractivity contribution in [3.63, 3.8) is 0 Å². The number of nitrogens with one attached hydrogen (secondary N) is 1. The fourth-order valence-electron chi connectivity index (χ4n) is 2.82. The Morgan fingerprint density at radius 1 is 1.44 bits per heavy atom. The van der Waals surface area contributed by atoms with Crippen LogP contribution in [0.1, 0.15) is 33.1 Å². The van der Waals surface area contributed by atoms with E-state index in [1.807, 2.05) is 0 Å². The largest absolute Gasteiger partial charge is 0.382 e. The SMILES string of the molecule is CCOCCCN1CCNC(C)(C2CC2)C1. The van der Waals surface area contributed by atoms with Crippen LogP contribution in [0.3, 0.4) is 0 Å². The topological polar surface area (TPSA) is 24.5 Å². The lowest BCUT2D eigenvalue weighted by Gasteiger charge is -2.42. The third kappa shape index (κ3) is 3.19. The third-order valence-corrected chi connectivity index (χ3v) is 3.95. The van der Waals surface area contributed by atoms with E-state index in [9.17, 15) is 0 Å². The molecule has 0 aromatic carbocycles. The van der Waals surface area contributed by atoms with Gasteiger partial charge >= 0.3 is 0 Å². The van der Waals surface area contributed by atoms with Crippen LogP contribution in [0, 0.1) is 5.92 Å². The lowest BCUT2D eigenvalue weighted by molar-refractivity contribution is 0.0998. The van der Waals surface area contributed by atoms with Crippen LogP contribution in [0.5, 0.6) is 0 Å². The Morgan fingerprint density at radius 3 is 2.94 bits per heavy atom. The Bertz CT molecular complexity index is 218. The maximum atomic E-state index is 5.39. The number of hydrogen-bond donors (Lipinski definition) is 1. The molecule has 16 heavy (non-hydrogen) atoms. The number of piperazine rings is 1. The minimum atomic E-state index is 0.393. The molecule has 2 fully saturated rings. The summed E-state index contributed by atoms with van der Waals surface area (Å²) in [6.45, 7) is 11.0. The molecule has 2 aliphatic rings. The normalized spacial score (nSPS) is 31.9. The summed E-state index contributed by atoms with van der Waals surface area (Å²) in [7, 11) is 0. The van der Waals surface area contributed by atoms with Gasteiger partial charge in [-0.15, -0.1) is 0 Å². The second kappa shape index (κ2) is 5.48. The molecule has 1 heterocycles. The van der Waals surface area contributed by atoms with E-state index in [1.54, 1.807) is 0 Å². The van der Waals surface area contributed by atoms with Gasteiger partial charge in [-0.3, -0.25) is 0 Å². The van der Waals surface area contributed by atoms with E-state index in [0.29, 0.717) is 5.54 Å². The van der Waals surface area contributed by atoms with E-state index in [1.165, 1.54) is 38.9 Å². The van der Waals surface area contributed by atoms with Gasteiger partial charge in [0, 0.05) is 44.9 Å². The fourth-order valence-corrected chi connectivity index (χ4v) is 2.82. The van der Waals surface area contributed by atoms with Gasteiger partial charge in [-0.25, -0.2) is 0 Å². The number of hydrogen-bond acceptors (Lipinski definition) is 3. The highest BCUT2D eigenvalue weighted by Crippen LogP contribution is 2.40. The van der Waals surface area contributed by atoms with E-state index in [2.05, 4.69) is 24.1 Å². The summed E-state index contributed by atoms with van der Waals surface area (Å²) < 4.78 is 5.39. The molecule has 0 aromatic rings. The molecule has 0 amide bonds. The highest BCUT2D eigenvalue weighted by Gasteiger charge is 2.43. The Morgan fingerprint density at radius 2 is 2.25 bits per heavy atom. The monoisotopic (exact) mass is 226 g/mol. The predicted molar refractivity (Wildman–Crippen MR) is 66.7 cm³/mol. The first-order valence-electron chi connectivity index (χ1n) is 6.80. The summed E-state index contributed by atoms with van der Waals surface area (Å²) in [5.74, 6) is 0.933. The highest BCUT2D eigenvalue weighted by atomic mass is 16.5. The summed E-state index contributed by atoms with van der Waals surface area (Å²) in [6.07, 6.45) is 4.03. The molecular weight excluding hydrogens is 200 g/mol. The molecule has 2 rings (SSSR count). The lowest BCUT2D eigenvalue weighted by Crippen LogP contribution is -2.60. The highest BCUT2D eigenvalue weighted by molar-refractivity contribution is 5.01. The number of ether oxygens (including phenoxy) is 1. The minimum Gasteiger partial charge on any atom is -0.382 e. The van der Waals surface area contributed by atoms with E-state index in [-0.39, 0.29) is 0 Å². The maximum Gasteiger partial charge on any atom is 0.0478 e. The van der Waals surface area contributed by atoms with Crippen molar-refractivity contribution in [3.05, 3.63) is 0 Å². The molecule has 1 saturated heterocycles. The van der Waals surface area contributed by atoms with Crippen molar-refractivity contribution in [1.82, 2.24) is 10.2 Å². The van der Waals surface area contributed by atoms with Gasteiger partial charge in [0.1, 0.15) is 0 Å². The Labute approximate surface area is 99.5 Å². The molecule has 1 atom stereocenters. The molecule has 1 aliphatic carbocycles. The second-order valence-corrected chi connectivity index (χ2v) is 5.45. The van der Waals surface area contributed by atoms with Crippen LogP contribution in [0.15, 0.2) is 0 Å². The fraction of sp³-hybridized carbons (Fsp3) is 1.00. The molecular formula is C13H26N2O. The maximum absolute atomic E-state index is 5.39. The van der Waals surface area contributed by atoms with E-state index < -0.39 is 0 Å². The van der Waals surface area contributed by atoms with Gasteiger partial charge < -0.3 is 15.0 Å². The smallest absolute Gasteiger partial charge is 0.0478 e. The molecule has 0 spiro atoms. The Balaban J connectivity index is 1.69. The first-order chi connectivity index (χ1) is 7.74.